The lowest BCUT2D eigenvalue weighted by Crippen LogP contribution is -2.44. The third-order valence-corrected chi connectivity index (χ3v) is 2.59. The molecule has 2 N–H and O–H groups in total. The first-order chi connectivity index (χ1) is 8.16. The molecule has 1 unspecified atom stereocenters. The lowest BCUT2D eigenvalue weighted by molar-refractivity contribution is -0.139. The van der Waals surface area contributed by atoms with Gasteiger partial charge in [-0.2, -0.15) is 0 Å². The van der Waals surface area contributed by atoms with E-state index in [1.807, 2.05) is 24.3 Å². The molecule has 1 aliphatic rings. The highest BCUT2D eigenvalue weighted by Gasteiger charge is 2.21. The maximum atomic E-state index is 10.6. The van der Waals surface area contributed by atoms with Gasteiger partial charge in [-0.25, -0.2) is 0 Å². The Labute approximate surface area is 99.3 Å². The minimum absolute atomic E-state index is 0.160. The fourth-order valence-electron chi connectivity index (χ4n) is 1.56. The molecule has 0 saturated heterocycles. The fourth-order valence-corrected chi connectivity index (χ4v) is 1.56. The number of carbonyl (C=O) groups is 1. The van der Waals surface area contributed by atoms with Crippen molar-refractivity contribution in [2.45, 2.75) is 19.1 Å². The lowest BCUT2D eigenvalue weighted by atomic mass is 10.2. The van der Waals surface area contributed by atoms with Crippen LogP contribution in [0.5, 0.6) is 11.5 Å². The van der Waals surface area contributed by atoms with Crippen LogP contribution in [-0.2, 0) is 4.79 Å². The molecule has 0 saturated carbocycles. The van der Waals surface area contributed by atoms with Crippen molar-refractivity contribution in [3.63, 3.8) is 0 Å². The van der Waals surface area contributed by atoms with E-state index in [9.17, 15) is 4.79 Å². The quantitative estimate of drug-likeness (QED) is 0.814. The summed E-state index contributed by atoms with van der Waals surface area (Å²) in [6.45, 7) is 2.47. The Morgan fingerprint density at radius 1 is 1.53 bits per heavy atom. The van der Waals surface area contributed by atoms with Crippen molar-refractivity contribution in [1.82, 2.24) is 5.32 Å². The van der Waals surface area contributed by atoms with Crippen molar-refractivity contribution in [3.8, 4) is 11.5 Å². The number of ether oxygens (including phenoxy) is 2. The Morgan fingerprint density at radius 3 is 2.94 bits per heavy atom. The molecule has 5 heteroatoms. The number of carboxylic acids is 1. The molecule has 0 amide bonds. The van der Waals surface area contributed by atoms with E-state index in [4.69, 9.17) is 14.6 Å². The molecule has 0 radical (unpaired) electrons. The minimum atomic E-state index is -0.873. The summed E-state index contributed by atoms with van der Waals surface area (Å²) in [5.74, 6) is 0.561. The van der Waals surface area contributed by atoms with Crippen molar-refractivity contribution in [1.29, 1.82) is 0 Å². The first-order valence-electron chi connectivity index (χ1n) is 5.51. The smallest absolute Gasteiger partial charge is 0.320 e. The summed E-state index contributed by atoms with van der Waals surface area (Å²) in [6.07, 6.45) is -0.160. The van der Waals surface area contributed by atoms with E-state index >= 15 is 0 Å². The molecular weight excluding hydrogens is 222 g/mol. The Hall–Kier alpha value is -1.75. The van der Waals surface area contributed by atoms with Crippen LogP contribution < -0.4 is 14.8 Å². The molecule has 17 heavy (non-hydrogen) atoms. The normalized spacial score (nSPS) is 19.7. The molecule has 1 heterocycles. The topological polar surface area (TPSA) is 67.8 Å². The molecule has 0 spiro atoms. The van der Waals surface area contributed by atoms with E-state index < -0.39 is 12.0 Å². The van der Waals surface area contributed by atoms with Crippen LogP contribution >= 0.6 is 0 Å². The van der Waals surface area contributed by atoms with E-state index in [0.29, 0.717) is 18.9 Å². The minimum Gasteiger partial charge on any atom is -0.486 e. The third kappa shape index (κ3) is 2.88. The molecule has 2 rings (SSSR count). The van der Waals surface area contributed by atoms with Gasteiger partial charge in [0.05, 0.1) is 0 Å². The summed E-state index contributed by atoms with van der Waals surface area (Å²) in [5.41, 5.74) is 0. The summed E-state index contributed by atoms with van der Waals surface area (Å²) in [5, 5.41) is 11.6. The van der Waals surface area contributed by atoms with Crippen LogP contribution in [-0.4, -0.2) is 36.4 Å². The number of nitrogens with one attached hydrogen (secondary N) is 1. The summed E-state index contributed by atoms with van der Waals surface area (Å²) in [6, 6.07) is 6.85. The lowest BCUT2D eigenvalue weighted by Gasteiger charge is -2.27. The number of aliphatic carboxylic acids is 1. The number of hydrogen-bond acceptors (Lipinski definition) is 4. The highest BCUT2D eigenvalue weighted by atomic mass is 16.6. The van der Waals surface area contributed by atoms with E-state index in [0.717, 1.165) is 5.75 Å². The molecule has 0 aliphatic carbocycles. The number of hydrogen-bond donors (Lipinski definition) is 2. The van der Waals surface area contributed by atoms with Crippen molar-refractivity contribution in [2.24, 2.45) is 0 Å². The molecule has 5 nitrogen and oxygen atoms in total. The van der Waals surface area contributed by atoms with Crippen LogP contribution in [0.15, 0.2) is 24.3 Å². The molecule has 2 atom stereocenters. The van der Waals surface area contributed by atoms with Gasteiger partial charge < -0.3 is 19.9 Å². The Bertz CT molecular complexity index is 407. The van der Waals surface area contributed by atoms with Gasteiger partial charge in [0, 0.05) is 6.54 Å². The second kappa shape index (κ2) is 5.05. The van der Waals surface area contributed by atoms with Gasteiger partial charge in [-0.15, -0.1) is 0 Å². The van der Waals surface area contributed by atoms with Gasteiger partial charge in [-0.05, 0) is 19.1 Å². The van der Waals surface area contributed by atoms with Gasteiger partial charge in [0.25, 0.3) is 0 Å². The highest BCUT2D eigenvalue weighted by Crippen LogP contribution is 2.30. The maximum absolute atomic E-state index is 10.6. The molecule has 92 valence electrons. The Morgan fingerprint density at radius 2 is 2.24 bits per heavy atom. The van der Waals surface area contributed by atoms with Crippen LogP contribution in [0.4, 0.5) is 0 Å². The standard InChI is InChI=1S/C12H15NO4/c1-8(12(14)15)13-6-9-7-16-10-4-2-3-5-11(10)17-9/h2-5,8-9,13H,6-7H2,1H3,(H,14,15)/t8-,9?/m1/s1. The van der Waals surface area contributed by atoms with Crippen molar-refractivity contribution >= 4 is 5.97 Å². The van der Waals surface area contributed by atoms with Crippen LogP contribution in [0.2, 0.25) is 0 Å². The average molecular weight is 237 g/mol. The molecule has 1 aromatic carbocycles. The zero-order valence-electron chi connectivity index (χ0n) is 9.55. The van der Waals surface area contributed by atoms with Gasteiger partial charge in [0.2, 0.25) is 0 Å². The average Bonchev–Trinajstić information content (AvgIpc) is 2.35. The van der Waals surface area contributed by atoms with Crippen molar-refractivity contribution in [3.05, 3.63) is 24.3 Å². The van der Waals surface area contributed by atoms with Gasteiger partial charge in [0.15, 0.2) is 11.5 Å². The first-order valence-corrected chi connectivity index (χ1v) is 5.51. The van der Waals surface area contributed by atoms with Crippen molar-refractivity contribution < 1.29 is 19.4 Å². The highest BCUT2D eigenvalue weighted by molar-refractivity contribution is 5.72. The summed E-state index contributed by atoms with van der Waals surface area (Å²) >= 11 is 0. The molecular formula is C12H15NO4. The number of fused-ring (bicyclic) bond motifs is 1. The number of carboxylic acid groups (broad SMARTS) is 1. The Balaban J connectivity index is 1.88. The number of benzene rings is 1. The van der Waals surface area contributed by atoms with Gasteiger partial charge in [-0.3, -0.25) is 4.79 Å². The first kappa shape index (κ1) is 11.7. The molecule has 0 fully saturated rings. The second-order valence-corrected chi connectivity index (χ2v) is 3.97. The predicted molar refractivity (Wildman–Crippen MR) is 61.5 cm³/mol. The largest absolute Gasteiger partial charge is 0.486 e. The molecule has 0 aromatic heterocycles. The number of rotatable bonds is 4. The fraction of sp³-hybridized carbons (Fsp3) is 0.417. The third-order valence-electron chi connectivity index (χ3n) is 2.59. The second-order valence-electron chi connectivity index (χ2n) is 3.97. The summed E-state index contributed by atoms with van der Waals surface area (Å²) in [7, 11) is 0. The molecule has 0 bridgehead atoms. The SMILES string of the molecule is C[C@@H](NCC1COc2ccccc2O1)C(=O)O. The van der Waals surface area contributed by atoms with E-state index in [-0.39, 0.29) is 6.10 Å². The van der Waals surface area contributed by atoms with Crippen LogP contribution in [0.25, 0.3) is 0 Å². The van der Waals surface area contributed by atoms with E-state index in [1.165, 1.54) is 0 Å². The van der Waals surface area contributed by atoms with Gasteiger partial charge in [-0.1, -0.05) is 12.1 Å². The van der Waals surface area contributed by atoms with Gasteiger partial charge >= 0.3 is 5.97 Å². The predicted octanol–water partition coefficient (Wildman–Crippen LogP) is 0.889. The summed E-state index contributed by atoms with van der Waals surface area (Å²) < 4.78 is 11.2. The molecule has 1 aliphatic heterocycles. The number of para-hydroxylation sites is 2. The van der Waals surface area contributed by atoms with Crippen molar-refractivity contribution in [2.75, 3.05) is 13.2 Å². The zero-order chi connectivity index (χ0) is 12.3. The van der Waals surface area contributed by atoms with Crippen LogP contribution in [0.1, 0.15) is 6.92 Å². The molecule has 1 aromatic rings. The van der Waals surface area contributed by atoms with Gasteiger partial charge in [0.1, 0.15) is 18.8 Å². The summed E-state index contributed by atoms with van der Waals surface area (Å²) in [4.78, 5) is 10.6. The van der Waals surface area contributed by atoms with E-state index in [1.54, 1.807) is 6.92 Å². The monoisotopic (exact) mass is 237 g/mol. The van der Waals surface area contributed by atoms with E-state index in [2.05, 4.69) is 5.32 Å². The maximum Gasteiger partial charge on any atom is 0.320 e. The van der Waals surface area contributed by atoms with Crippen LogP contribution in [0, 0.1) is 0 Å². The Kier molecular flexibility index (Phi) is 3.49. The zero-order valence-corrected chi connectivity index (χ0v) is 9.55. The van der Waals surface area contributed by atoms with Crippen LogP contribution in [0.3, 0.4) is 0 Å².